The summed E-state index contributed by atoms with van der Waals surface area (Å²) in [6.45, 7) is 1.86. The van der Waals surface area contributed by atoms with Crippen molar-refractivity contribution in [3.8, 4) is 6.07 Å². The number of carbonyl (C=O) groups excluding carboxylic acids is 2. The molecule has 1 unspecified atom stereocenters. The number of aromatic nitrogens is 2. The van der Waals surface area contributed by atoms with Crippen molar-refractivity contribution >= 4 is 17.5 Å². The van der Waals surface area contributed by atoms with Gasteiger partial charge in [-0.25, -0.2) is 0 Å². The Morgan fingerprint density at radius 2 is 2.04 bits per heavy atom. The predicted molar refractivity (Wildman–Crippen MR) is 90.3 cm³/mol. The van der Waals surface area contributed by atoms with Gasteiger partial charge in [-0.3, -0.25) is 14.3 Å². The van der Waals surface area contributed by atoms with Crippen molar-refractivity contribution < 1.29 is 9.59 Å². The number of aryl methyl sites for hydroxylation is 1. The van der Waals surface area contributed by atoms with Crippen molar-refractivity contribution in [2.75, 3.05) is 24.5 Å². The standard InChI is InChI=1S/C18H23N5O2/c1-21-10-14(9-20-21)23-13-17(8-15(23)24)6-7-22(12-17)16(25)18(11-19)4-2-3-5-18/h9-10H,2-8,12-13H2,1H3. The number of hydrogen-bond acceptors (Lipinski definition) is 4. The van der Waals surface area contributed by atoms with Gasteiger partial charge < -0.3 is 9.80 Å². The van der Waals surface area contributed by atoms with Crippen LogP contribution in [0.3, 0.4) is 0 Å². The molecule has 0 aromatic carbocycles. The van der Waals surface area contributed by atoms with Gasteiger partial charge in [-0.1, -0.05) is 12.8 Å². The Morgan fingerprint density at radius 1 is 1.28 bits per heavy atom. The van der Waals surface area contributed by atoms with Crippen LogP contribution in [-0.4, -0.2) is 46.1 Å². The highest BCUT2D eigenvalue weighted by Gasteiger charge is 2.52. The van der Waals surface area contributed by atoms with Gasteiger partial charge >= 0.3 is 0 Å². The maximum atomic E-state index is 13.0. The van der Waals surface area contributed by atoms with Gasteiger partial charge in [-0.05, 0) is 19.3 Å². The molecule has 1 aromatic heterocycles. The van der Waals surface area contributed by atoms with Gasteiger partial charge in [-0.15, -0.1) is 0 Å². The van der Waals surface area contributed by atoms with Crippen LogP contribution in [0.5, 0.6) is 0 Å². The summed E-state index contributed by atoms with van der Waals surface area (Å²) in [5.74, 6) is 0.0785. The van der Waals surface area contributed by atoms with Crippen LogP contribution in [0.1, 0.15) is 38.5 Å². The summed E-state index contributed by atoms with van der Waals surface area (Å²) < 4.78 is 1.69. The zero-order chi connectivity index (χ0) is 17.7. The Kier molecular flexibility index (Phi) is 3.60. The third-order valence-electron chi connectivity index (χ3n) is 6.13. The molecule has 3 aliphatic rings. The number of nitrogens with zero attached hydrogens (tertiary/aromatic N) is 5. The monoisotopic (exact) mass is 341 g/mol. The van der Waals surface area contributed by atoms with Crippen LogP contribution < -0.4 is 4.90 Å². The quantitative estimate of drug-likeness (QED) is 0.815. The number of hydrogen-bond donors (Lipinski definition) is 0. The minimum Gasteiger partial charge on any atom is -0.341 e. The molecule has 1 aliphatic carbocycles. The van der Waals surface area contributed by atoms with Crippen molar-refractivity contribution in [1.82, 2.24) is 14.7 Å². The highest BCUT2D eigenvalue weighted by atomic mass is 16.2. The molecule has 1 saturated carbocycles. The van der Waals surface area contributed by atoms with Crippen LogP contribution in [0.15, 0.2) is 12.4 Å². The van der Waals surface area contributed by atoms with Gasteiger partial charge in [0.25, 0.3) is 0 Å². The smallest absolute Gasteiger partial charge is 0.243 e. The fourth-order valence-corrected chi connectivity index (χ4v) is 4.72. The highest BCUT2D eigenvalue weighted by molar-refractivity contribution is 5.96. The molecule has 7 nitrogen and oxygen atoms in total. The van der Waals surface area contributed by atoms with Crippen molar-refractivity contribution in [3.05, 3.63) is 12.4 Å². The van der Waals surface area contributed by atoms with Crippen molar-refractivity contribution in [2.24, 2.45) is 17.9 Å². The fraction of sp³-hybridized carbons (Fsp3) is 0.667. The molecule has 0 bridgehead atoms. The van der Waals surface area contributed by atoms with Crippen LogP contribution in [0.2, 0.25) is 0 Å². The van der Waals surface area contributed by atoms with Gasteiger partial charge in [0, 0.05) is 44.7 Å². The number of nitriles is 1. The molecule has 0 radical (unpaired) electrons. The molecule has 1 spiro atoms. The number of carbonyl (C=O) groups is 2. The van der Waals surface area contributed by atoms with E-state index in [1.807, 2.05) is 18.1 Å². The Balaban J connectivity index is 1.50. The summed E-state index contributed by atoms with van der Waals surface area (Å²) in [5, 5.41) is 13.7. The normalized spacial score (nSPS) is 28.1. The molecule has 3 fully saturated rings. The van der Waals surface area contributed by atoms with Crippen molar-refractivity contribution in [1.29, 1.82) is 5.26 Å². The first-order valence-electron chi connectivity index (χ1n) is 8.97. The SMILES string of the molecule is Cn1cc(N2CC3(CCN(C(=O)C4(C#N)CCCC4)C3)CC2=O)cn1. The van der Waals surface area contributed by atoms with E-state index >= 15 is 0 Å². The summed E-state index contributed by atoms with van der Waals surface area (Å²) in [4.78, 5) is 29.1. The number of rotatable bonds is 2. The second kappa shape index (κ2) is 5.58. The van der Waals surface area contributed by atoms with E-state index in [0.29, 0.717) is 38.9 Å². The van der Waals surface area contributed by atoms with E-state index in [-0.39, 0.29) is 17.2 Å². The number of likely N-dealkylation sites (tertiary alicyclic amines) is 1. The molecule has 25 heavy (non-hydrogen) atoms. The molecule has 4 rings (SSSR count). The van der Waals surface area contributed by atoms with E-state index < -0.39 is 5.41 Å². The lowest BCUT2D eigenvalue weighted by atomic mass is 9.85. The van der Waals surface area contributed by atoms with Crippen molar-refractivity contribution in [3.63, 3.8) is 0 Å². The summed E-state index contributed by atoms with van der Waals surface area (Å²) >= 11 is 0. The van der Waals surface area contributed by atoms with Crippen molar-refractivity contribution in [2.45, 2.75) is 38.5 Å². The molecular formula is C18H23N5O2. The first kappa shape index (κ1) is 16.1. The molecular weight excluding hydrogens is 318 g/mol. The zero-order valence-corrected chi connectivity index (χ0v) is 14.6. The Morgan fingerprint density at radius 3 is 2.68 bits per heavy atom. The largest absolute Gasteiger partial charge is 0.341 e. The zero-order valence-electron chi connectivity index (χ0n) is 14.6. The minimum absolute atomic E-state index is 0.0170. The number of amides is 2. The molecule has 1 atom stereocenters. The number of anilines is 1. The average molecular weight is 341 g/mol. The van der Waals surface area contributed by atoms with Crippen LogP contribution in [0.25, 0.3) is 0 Å². The Hall–Kier alpha value is -2.36. The molecule has 2 aliphatic heterocycles. The highest BCUT2D eigenvalue weighted by Crippen LogP contribution is 2.45. The van der Waals surface area contributed by atoms with Gasteiger partial charge in [0.15, 0.2) is 0 Å². The average Bonchev–Trinajstić information content (AvgIpc) is 3.36. The first-order valence-corrected chi connectivity index (χ1v) is 8.97. The fourth-order valence-electron chi connectivity index (χ4n) is 4.72. The lowest BCUT2D eigenvalue weighted by Gasteiger charge is -2.28. The summed E-state index contributed by atoms with van der Waals surface area (Å²) in [7, 11) is 1.83. The summed E-state index contributed by atoms with van der Waals surface area (Å²) in [6, 6.07) is 2.30. The molecule has 2 saturated heterocycles. The first-order chi connectivity index (χ1) is 12.0. The maximum Gasteiger partial charge on any atom is 0.243 e. The van der Waals surface area contributed by atoms with Gasteiger partial charge in [0.05, 0.1) is 18.0 Å². The van der Waals surface area contributed by atoms with Crippen LogP contribution in [0.4, 0.5) is 5.69 Å². The van der Waals surface area contributed by atoms with E-state index in [4.69, 9.17) is 0 Å². The van der Waals surface area contributed by atoms with E-state index in [1.165, 1.54) is 0 Å². The predicted octanol–water partition coefficient (Wildman–Crippen LogP) is 1.46. The van der Waals surface area contributed by atoms with E-state index in [2.05, 4.69) is 11.2 Å². The molecule has 132 valence electrons. The van der Waals surface area contributed by atoms with E-state index in [1.54, 1.807) is 15.8 Å². The topological polar surface area (TPSA) is 82.2 Å². The Bertz CT molecular complexity index is 758. The molecule has 1 aromatic rings. The molecule has 2 amide bonds. The van der Waals surface area contributed by atoms with Gasteiger partial charge in [-0.2, -0.15) is 10.4 Å². The molecule has 7 heteroatoms. The van der Waals surface area contributed by atoms with E-state index in [0.717, 1.165) is 24.9 Å². The van der Waals surface area contributed by atoms with Gasteiger partial charge in [0.1, 0.15) is 5.41 Å². The summed E-state index contributed by atoms with van der Waals surface area (Å²) in [6.07, 6.45) is 8.08. The maximum absolute atomic E-state index is 13.0. The third kappa shape index (κ3) is 2.51. The molecule has 3 heterocycles. The van der Waals surface area contributed by atoms with E-state index in [9.17, 15) is 14.9 Å². The lowest BCUT2D eigenvalue weighted by Crippen LogP contribution is -2.42. The van der Waals surface area contributed by atoms with Crippen LogP contribution in [-0.2, 0) is 16.6 Å². The van der Waals surface area contributed by atoms with Crippen LogP contribution >= 0.6 is 0 Å². The molecule has 0 N–H and O–H groups in total. The van der Waals surface area contributed by atoms with Gasteiger partial charge in [0.2, 0.25) is 11.8 Å². The summed E-state index contributed by atoms with van der Waals surface area (Å²) in [5.41, 5.74) is -0.187. The third-order valence-corrected chi connectivity index (χ3v) is 6.13. The lowest BCUT2D eigenvalue weighted by molar-refractivity contribution is -0.138. The van der Waals surface area contributed by atoms with Crippen LogP contribution in [0, 0.1) is 22.2 Å². The second-order valence-corrected chi connectivity index (χ2v) is 7.91. The second-order valence-electron chi connectivity index (χ2n) is 7.91. The minimum atomic E-state index is -0.822. The Labute approximate surface area is 147 Å².